The van der Waals surface area contributed by atoms with Gasteiger partial charge in [0, 0.05) is 31.6 Å². The van der Waals surface area contributed by atoms with Crippen LogP contribution in [-0.2, 0) is 4.79 Å². The highest BCUT2D eigenvalue weighted by Crippen LogP contribution is 2.34. The van der Waals surface area contributed by atoms with Gasteiger partial charge in [0.25, 0.3) is 0 Å². The van der Waals surface area contributed by atoms with Crippen LogP contribution in [0.2, 0.25) is 0 Å². The number of nitrogens with one attached hydrogen (secondary N) is 2. The Bertz CT molecular complexity index is 293. The van der Waals surface area contributed by atoms with E-state index in [1.807, 2.05) is 13.8 Å². The minimum atomic E-state index is 0.190. The van der Waals surface area contributed by atoms with E-state index in [1.54, 1.807) is 0 Å². The summed E-state index contributed by atoms with van der Waals surface area (Å²) in [4.78, 5) is 14.2. The third kappa shape index (κ3) is 3.04. The van der Waals surface area contributed by atoms with E-state index < -0.39 is 0 Å². The number of nitrogens with zero attached hydrogens (tertiary/aromatic N) is 1. The summed E-state index contributed by atoms with van der Waals surface area (Å²) in [6, 6.07) is 0.929. The minimum absolute atomic E-state index is 0.190. The van der Waals surface area contributed by atoms with Crippen LogP contribution in [0.1, 0.15) is 33.6 Å². The lowest BCUT2D eigenvalue weighted by Crippen LogP contribution is -2.38. The van der Waals surface area contributed by atoms with Crippen LogP contribution in [0.15, 0.2) is 0 Å². The van der Waals surface area contributed by atoms with Gasteiger partial charge in [0.05, 0.1) is 0 Å². The number of amides is 1. The summed E-state index contributed by atoms with van der Waals surface area (Å²) in [6.45, 7) is 10.7. The van der Waals surface area contributed by atoms with Crippen LogP contribution in [0.25, 0.3) is 0 Å². The number of rotatable bonds is 5. The molecule has 2 heterocycles. The zero-order chi connectivity index (χ0) is 13.1. The average Bonchev–Trinajstić information content (AvgIpc) is 2.84. The van der Waals surface area contributed by atoms with E-state index in [1.165, 1.54) is 13.0 Å². The molecule has 0 aromatic carbocycles. The largest absolute Gasteiger partial charge is 0.354 e. The molecule has 2 saturated heterocycles. The second kappa shape index (κ2) is 6.02. The van der Waals surface area contributed by atoms with Gasteiger partial charge in [0.2, 0.25) is 5.91 Å². The molecular formula is C14H27N3O. The zero-order valence-electron chi connectivity index (χ0n) is 11.9. The molecule has 0 radical (unpaired) electrons. The Morgan fingerprint density at radius 3 is 2.89 bits per heavy atom. The molecule has 104 valence electrons. The molecule has 0 bridgehead atoms. The lowest BCUT2D eigenvalue weighted by molar-refractivity contribution is -0.122. The first-order chi connectivity index (χ1) is 8.61. The summed E-state index contributed by atoms with van der Waals surface area (Å²) in [7, 11) is 0. The molecule has 2 N–H and O–H groups in total. The van der Waals surface area contributed by atoms with E-state index in [0.29, 0.717) is 12.5 Å². The summed E-state index contributed by atoms with van der Waals surface area (Å²) in [6.07, 6.45) is 1.84. The van der Waals surface area contributed by atoms with Crippen molar-refractivity contribution >= 4 is 5.91 Å². The fourth-order valence-electron chi connectivity index (χ4n) is 3.57. The van der Waals surface area contributed by atoms with Crippen molar-refractivity contribution in [2.24, 2.45) is 11.8 Å². The van der Waals surface area contributed by atoms with E-state index in [-0.39, 0.29) is 11.9 Å². The summed E-state index contributed by atoms with van der Waals surface area (Å²) in [5.74, 6) is 1.81. The molecule has 0 aromatic rings. The molecule has 0 spiro atoms. The van der Waals surface area contributed by atoms with E-state index in [2.05, 4.69) is 22.5 Å². The van der Waals surface area contributed by atoms with Crippen LogP contribution in [0.3, 0.4) is 0 Å². The van der Waals surface area contributed by atoms with Gasteiger partial charge in [-0.2, -0.15) is 0 Å². The Labute approximate surface area is 110 Å². The van der Waals surface area contributed by atoms with Crippen LogP contribution in [0.5, 0.6) is 0 Å². The highest BCUT2D eigenvalue weighted by Gasteiger charge is 2.42. The highest BCUT2D eigenvalue weighted by atomic mass is 16.1. The Balaban J connectivity index is 1.81. The third-order valence-electron chi connectivity index (χ3n) is 4.32. The van der Waals surface area contributed by atoms with Gasteiger partial charge in [-0.25, -0.2) is 0 Å². The van der Waals surface area contributed by atoms with E-state index in [0.717, 1.165) is 31.5 Å². The van der Waals surface area contributed by atoms with Crippen LogP contribution >= 0.6 is 0 Å². The molecule has 0 saturated carbocycles. The highest BCUT2D eigenvalue weighted by molar-refractivity contribution is 5.76. The second-order valence-electron chi connectivity index (χ2n) is 6.02. The predicted octanol–water partition coefficient (Wildman–Crippen LogP) is 0.831. The fourth-order valence-corrected chi connectivity index (χ4v) is 3.57. The summed E-state index contributed by atoms with van der Waals surface area (Å²) < 4.78 is 0. The summed E-state index contributed by atoms with van der Waals surface area (Å²) in [5.41, 5.74) is 0. The standard InChI is InChI=1S/C14H27N3O/c1-4-13-12-8-15-7-11(12)9-17(13)6-5-14(18)16-10(2)3/h10-13,15H,4-9H2,1-3H3,(H,16,18). The van der Waals surface area contributed by atoms with Crippen LogP contribution in [0.4, 0.5) is 0 Å². The van der Waals surface area contributed by atoms with E-state index >= 15 is 0 Å². The van der Waals surface area contributed by atoms with Gasteiger partial charge in [-0.1, -0.05) is 6.92 Å². The first-order valence-electron chi connectivity index (χ1n) is 7.36. The van der Waals surface area contributed by atoms with Gasteiger partial charge in [-0.15, -0.1) is 0 Å². The maximum absolute atomic E-state index is 11.7. The molecule has 4 nitrogen and oxygen atoms in total. The Morgan fingerprint density at radius 2 is 2.22 bits per heavy atom. The molecule has 2 aliphatic heterocycles. The summed E-state index contributed by atoms with van der Waals surface area (Å²) in [5, 5.41) is 6.47. The maximum Gasteiger partial charge on any atom is 0.221 e. The summed E-state index contributed by atoms with van der Waals surface area (Å²) >= 11 is 0. The van der Waals surface area contributed by atoms with Crippen molar-refractivity contribution < 1.29 is 4.79 Å². The number of carbonyl (C=O) groups excluding carboxylic acids is 1. The first-order valence-corrected chi connectivity index (χ1v) is 7.36. The Kier molecular flexibility index (Phi) is 4.62. The van der Waals surface area contributed by atoms with E-state index in [4.69, 9.17) is 0 Å². The van der Waals surface area contributed by atoms with E-state index in [9.17, 15) is 4.79 Å². The van der Waals surface area contributed by atoms with Crippen LogP contribution in [-0.4, -0.2) is 49.1 Å². The molecule has 3 unspecified atom stereocenters. The van der Waals surface area contributed by atoms with Crippen molar-refractivity contribution in [3.05, 3.63) is 0 Å². The monoisotopic (exact) mass is 253 g/mol. The van der Waals surface area contributed by atoms with Gasteiger partial charge in [0.15, 0.2) is 0 Å². The first kappa shape index (κ1) is 13.8. The number of likely N-dealkylation sites (tertiary alicyclic amines) is 1. The Hall–Kier alpha value is -0.610. The number of carbonyl (C=O) groups is 1. The third-order valence-corrected chi connectivity index (χ3v) is 4.32. The molecule has 2 rings (SSSR count). The van der Waals surface area contributed by atoms with Crippen molar-refractivity contribution in [3.63, 3.8) is 0 Å². The SMILES string of the molecule is CCC1C2CNCC2CN1CCC(=O)NC(C)C. The van der Waals surface area contributed by atoms with Crippen LogP contribution < -0.4 is 10.6 Å². The maximum atomic E-state index is 11.7. The van der Waals surface area contributed by atoms with Crippen molar-refractivity contribution in [2.75, 3.05) is 26.2 Å². The molecule has 18 heavy (non-hydrogen) atoms. The van der Waals surface area contributed by atoms with Gasteiger partial charge in [-0.05, 0) is 45.2 Å². The molecular weight excluding hydrogens is 226 g/mol. The molecule has 0 aromatic heterocycles. The Morgan fingerprint density at radius 1 is 1.44 bits per heavy atom. The topological polar surface area (TPSA) is 44.4 Å². The van der Waals surface area contributed by atoms with Gasteiger partial charge < -0.3 is 10.6 Å². The van der Waals surface area contributed by atoms with Gasteiger partial charge in [0.1, 0.15) is 0 Å². The zero-order valence-corrected chi connectivity index (χ0v) is 11.9. The second-order valence-corrected chi connectivity index (χ2v) is 6.02. The van der Waals surface area contributed by atoms with Gasteiger partial charge in [-0.3, -0.25) is 9.69 Å². The van der Waals surface area contributed by atoms with Crippen molar-refractivity contribution in [1.82, 2.24) is 15.5 Å². The average molecular weight is 253 g/mol. The molecule has 1 amide bonds. The van der Waals surface area contributed by atoms with Crippen molar-refractivity contribution in [1.29, 1.82) is 0 Å². The smallest absolute Gasteiger partial charge is 0.221 e. The van der Waals surface area contributed by atoms with Crippen LogP contribution in [0, 0.1) is 11.8 Å². The van der Waals surface area contributed by atoms with Crippen molar-refractivity contribution in [2.45, 2.75) is 45.7 Å². The molecule has 2 aliphatic rings. The normalized spacial score (nSPS) is 31.9. The lowest BCUT2D eigenvalue weighted by atomic mass is 9.93. The molecule has 0 aliphatic carbocycles. The number of hydrogen-bond acceptors (Lipinski definition) is 3. The molecule has 3 atom stereocenters. The van der Waals surface area contributed by atoms with Crippen molar-refractivity contribution in [3.8, 4) is 0 Å². The van der Waals surface area contributed by atoms with Gasteiger partial charge >= 0.3 is 0 Å². The number of hydrogen-bond donors (Lipinski definition) is 2. The predicted molar refractivity (Wildman–Crippen MR) is 73.4 cm³/mol. The molecule has 2 fully saturated rings. The lowest BCUT2D eigenvalue weighted by Gasteiger charge is -2.26. The quantitative estimate of drug-likeness (QED) is 0.763. The fraction of sp³-hybridized carbons (Fsp3) is 0.929. The minimum Gasteiger partial charge on any atom is -0.354 e. The molecule has 4 heteroatoms. The number of fused-ring (bicyclic) bond motifs is 1.